The highest BCUT2D eigenvalue weighted by Gasteiger charge is 2.56. The molecule has 2 saturated heterocycles. The van der Waals surface area contributed by atoms with Gasteiger partial charge in [0.25, 0.3) is 0 Å². The molecule has 1 aromatic carbocycles. The number of carbonyl (C=O) groups is 4. The molecule has 1 aromatic rings. The second-order valence-electron chi connectivity index (χ2n) is 8.72. The Morgan fingerprint density at radius 1 is 1.16 bits per heavy atom. The summed E-state index contributed by atoms with van der Waals surface area (Å²) >= 11 is 0. The maximum Gasteiger partial charge on any atom is 0.328 e. The smallest absolute Gasteiger partial charge is 0.328 e. The number of methoxy groups -OCH3 is 1. The monoisotopic (exact) mass is 430 g/mol. The molecule has 0 bridgehead atoms. The minimum absolute atomic E-state index is 0.167. The van der Waals surface area contributed by atoms with Crippen molar-refractivity contribution >= 4 is 23.7 Å². The number of hydrogen-bond donors (Lipinski definition) is 0. The maximum absolute atomic E-state index is 14.1. The van der Waals surface area contributed by atoms with Gasteiger partial charge in [-0.1, -0.05) is 25.0 Å². The second kappa shape index (κ2) is 8.40. The molecule has 166 valence electrons. The van der Waals surface area contributed by atoms with E-state index in [1.807, 2.05) is 0 Å². The Labute approximate surface area is 180 Å². The van der Waals surface area contributed by atoms with Crippen molar-refractivity contribution in [1.29, 1.82) is 0 Å². The van der Waals surface area contributed by atoms with Gasteiger partial charge in [-0.15, -0.1) is 0 Å². The molecule has 2 heterocycles. The van der Waals surface area contributed by atoms with Crippen LogP contribution in [0, 0.1) is 5.82 Å². The SMILES string of the molecule is COC(=O)[C@@H]1CCCN1C(=O)CC1(c2cccc(F)c2)CC(=O)N(C2CCCC2)C1=O. The van der Waals surface area contributed by atoms with Crippen LogP contribution in [-0.4, -0.2) is 59.2 Å². The van der Waals surface area contributed by atoms with E-state index in [9.17, 15) is 23.6 Å². The molecule has 2 aliphatic heterocycles. The zero-order chi connectivity index (χ0) is 22.2. The molecule has 1 unspecified atom stereocenters. The van der Waals surface area contributed by atoms with Crippen molar-refractivity contribution in [2.45, 2.75) is 68.9 Å². The molecule has 3 fully saturated rings. The van der Waals surface area contributed by atoms with E-state index in [4.69, 9.17) is 4.74 Å². The number of hydrogen-bond acceptors (Lipinski definition) is 5. The molecule has 1 saturated carbocycles. The van der Waals surface area contributed by atoms with E-state index in [1.165, 1.54) is 35.1 Å². The Morgan fingerprint density at radius 2 is 1.90 bits per heavy atom. The Bertz CT molecular complexity index is 913. The lowest BCUT2D eigenvalue weighted by molar-refractivity contribution is -0.152. The van der Waals surface area contributed by atoms with Crippen LogP contribution in [0.3, 0.4) is 0 Å². The standard InChI is InChI=1S/C23H27FN2O5/c1-31-21(29)18-10-5-11-25(18)19(27)13-23(15-6-4-7-16(24)12-15)14-20(28)26(22(23)30)17-8-2-3-9-17/h4,6-7,12,17-18H,2-3,5,8-11,13-14H2,1H3/t18-,23?/m0/s1. The van der Waals surface area contributed by atoms with E-state index in [0.717, 1.165) is 25.7 Å². The molecule has 0 aromatic heterocycles. The summed E-state index contributed by atoms with van der Waals surface area (Å²) < 4.78 is 18.9. The van der Waals surface area contributed by atoms with Gasteiger partial charge in [0, 0.05) is 25.4 Å². The van der Waals surface area contributed by atoms with Gasteiger partial charge in [0.15, 0.2) is 0 Å². The van der Waals surface area contributed by atoms with Crippen molar-refractivity contribution in [3.8, 4) is 0 Å². The van der Waals surface area contributed by atoms with Crippen molar-refractivity contribution < 1.29 is 28.3 Å². The first-order chi connectivity index (χ1) is 14.9. The topological polar surface area (TPSA) is 84.0 Å². The van der Waals surface area contributed by atoms with Crippen LogP contribution in [-0.2, 0) is 29.3 Å². The minimum Gasteiger partial charge on any atom is -0.467 e. The average molecular weight is 430 g/mol. The fourth-order valence-corrected chi connectivity index (χ4v) is 5.35. The first-order valence-electron chi connectivity index (χ1n) is 10.9. The predicted molar refractivity (Wildman–Crippen MR) is 108 cm³/mol. The average Bonchev–Trinajstić information content (AvgIpc) is 3.48. The van der Waals surface area contributed by atoms with Crippen molar-refractivity contribution in [2.75, 3.05) is 13.7 Å². The van der Waals surface area contributed by atoms with Gasteiger partial charge in [-0.3, -0.25) is 19.3 Å². The first-order valence-corrected chi connectivity index (χ1v) is 10.9. The van der Waals surface area contributed by atoms with Crippen LogP contribution in [0.5, 0.6) is 0 Å². The van der Waals surface area contributed by atoms with Gasteiger partial charge >= 0.3 is 5.97 Å². The van der Waals surface area contributed by atoms with Gasteiger partial charge in [0.1, 0.15) is 11.9 Å². The normalized spacial score (nSPS) is 26.7. The zero-order valence-corrected chi connectivity index (χ0v) is 17.6. The molecule has 1 aliphatic carbocycles. The van der Waals surface area contributed by atoms with Crippen molar-refractivity contribution in [3.63, 3.8) is 0 Å². The second-order valence-corrected chi connectivity index (χ2v) is 8.72. The molecule has 31 heavy (non-hydrogen) atoms. The number of ether oxygens (including phenoxy) is 1. The van der Waals surface area contributed by atoms with Crippen LogP contribution >= 0.6 is 0 Å². The summed E-state index contributed by atoms with van der Waals surface area (Å²) in [6, 6.07) is 4.73. The van der Waals surface area contributed by atoms with Crippen LogP contribution < -0.4 is 0 Å². The number of imide groups is 1. The van der Waals surface area contributed by atoms with Crippen molar-refractivity contribution in [1.82, 2.24) is 9.80 Å². The van der Waals surface area contributed by atoms with Gasteiger partial charge < -0.3 is 9.64 Å². The first kappa shape index (κ1) is 21.5. The molecule has 0 N–H and O–H groups in total. The fourth-order valence-electron chi connectivity index (χ4n) is 5.35. The van der Waals surface area contributed by atoms with E-state index in [1.54, 1.807) is 6.07 Å². The lowest BCUT2D eigenvalue weighted by Gasteiger charge is -2.31. The number of carbonyl (C=O) groups excluding carboxylic acids is 4. The molecule has 3 aliphatic rings. The highest BCUT2D eigenvalue weighted by Crippen LogP contribution is 2.43. The molecule has 2 atom stereocenters. The lowest BCUT2D eigenvalue weighted by atomic mass is 9.75. The minimum atomic E-state index is -1.46. The van der Waals surface area contributed by atoms with Gasteiger partial charge in [-0.05, 0) is 43.4 Å². The number of esters is 1. The van der Waals surface area contributed by atoms with Crippen LogP contribution in [0.15, 0.2) is 24.3 Å². The molecular weight excluding hydrogens is 403 g/mol. The largest absolute Gasteiger partial charge is 0.467 e. The predicted octanol–water partition coefficient (Wildman–Crippen LogP) is 2.32. The maximum atomic E-state index is 14.1. The molecule has 3 amide bonds. The highest BCUT2D eigenvalue weighted by atomic mass is 19.1. The summed E-state index contributed by atoms with van der Waals surface area (Å²) in [5.74, 6) is -2.17. The summed E-state index contributed by atoms with van der Waals surface area (Å²) in [5, 5.41) is 0. The van der Waals surface area contributed by atoms with Gasteiger partial charge in [-0.25, -0.2) is 9.18 Å². The Morgan fingerprint density at radius 3 is 2.58 bits per heavy atom. The third-order valence-corrected chi connectivity index (χ3v) is 6.92. The van der Waals surface area contributed by atoms with E-state index in [0.29, 0.717) is 24.9 Å². The third kappa shape index (κ3) is 3.72. The molecule has 8 heteroatoms. The summed E-state index contributed by atoms with van der Waals surface area (Å²) in [5.41, 5.74) is -1.13. The Hall–Kier alpha value is -2.77. The van der Waals surface area contributed by atoms with Gasteiger partial charge in [0.2, 0.25) is 17.7 Å². The van der Waals surface area contributed by atoms with E-state index in [-0.39, 0.29) is 24.8 Å². The Balaban J connectivity index is 1.69. The highest BCUT2D eigenvalue weighted by molar-refractivity contribution is 6.11. The number of halogens is 1. The van der Waals surface area contributed by atoms with Gasteiger partial charge in [-0.2, -0.15) is 0 Å². The molecular formula is C23H27FN2O5. The Kier molecular flexibility index (Phi) is 5.81. The van der Waals surface area contributed by atoms with Crippen molar-refractivity contribution in [2.24, 2.45) is 0 Å². The number of nitrogens with zero attached hydrogens (tertiary/aromatic N) is 2. The quantitative estimate of drug-likeness (QED) is 0.529. The molecule has 0 spiro atoms. The zero-order valence-electron chi connectivity index (χ0n) is 17.6. The molecule has 0 radical (unpaired) electrons. The summed E-state index contributed by atoms with van der Waals surface area (Å²) in [4.78, 5) is 54.8. The molecule has 4 rings (SSSR count). The van der Waals surface area contributed by atoms with Crippen LogP contribution in [0.25, 0.3) is 0 Å². The number of rotatable bonds is 5. The summed E-state index contributed by atoms with van der Waals surface area (Å²) in [7, 11) is 1.27. The van der Waals surface area contributed by atoms with Crippen LogP contribution in [0.2, 0.25) is 0 Å². The third-order valence-electron chi connectivity index (χ3n) is 6.92. The van der Waals surface area contributed by atoms with E-state index < -0.39 is 35.1 Å². The fraction of sp³-hybridized carbons (Fsp3) is 0.565. The van der Waals surface area contributed by atoms with Crippen LogP contribution in [0.1, 0.15) is 56.9 Å². The van der Waals surface area contributed by atoms with Crippen molar-refractivity contribution in [3.05, 3.63) is 35.6 Å². The number of amides is 3. The van der Waals surface area contributed by atoms with E-state index in [2.05, 4.69) is 0 Å². The summed E-state index contributed by atoms with van der Waals surface area (Å²) in [6.45, 7) is 0.381. The molecule has 7 nitrogen and oxygen atoms in total. The van der Waals surface area contributed by atoms with Crippen LogP contribution in [0.4, 0.5) is 4.39 Å². The summed E-state index contributed by atoms with van der Waals surface area (Å²) in [6.07, 6.45) is 4.09. The number of benzene rings is 1. The lowest BCUT2D eigenvalue weighted by Crippen LogP contribution is -2.48. The number of likely N-dealkylation sites (tertiary alicyclic amines) is 2. The van der Waals surface area contributed by atoms with E-state index >= 15 is 0 Å². The van der Waals surface area contributed by atoms with Gasteiger partial charge in [0.05, 0.1) is 12.5 Å².